The summed E-state index contributed by atoms with van der Waals surface area (Å²) in [7, 11) is -3.70. The van der Waals surface area contributed by atoms with Crippen LogP contribution in [0.15, 0.2) is 96.2 Å². The van der Waals surface area contributed by atoms with Crippen molar-refractivity contribution in [3.05, 3.63) is 124 Å². The lowest BCUT2D eigenvalue weighted by molar-refractivity contribution is -0.118. The Balaban J connectivity index is 1.40. The predicted octanol–water partition coefficient (Wildman–Crippen LogP) is 6.43. The molecule has 0 spiro atoms. The van der Waals surface area contributed by atoms with Gasteiger partial charge in [-0.1, -0.05) is 54.9 Å². The van der Waals surface area contributed by atoms with Crippen LogP contribution < -0.4 is 9.62 Å². The number of pyridine rings is 1. The number of carbonyl (C=O) groups is 1. The molecular weight excluding hydrogens is 542 g/mol. The van der Waals surface area contributed by atoms with Crippen molar-refractivity contribution in [3.63, 3.8) is 0 Å². The van der Waals surface area contributed by atoms with Crippen molar-refractivity contribution in [1.29, 1.82) is 0 Å². The molecule has 1 N–H and O–H groups in total. The summed E-state index contributed by atoms with van der Waals surface area (Å²) in [6.07, 6.45) is 6.61. The van der Waals surface area contributed by atoms with E-state index in [0.29, 0.717) is 30.8 Å². The highest BCUT2D eigenvalue weighted by molar-refractivity contribution is 7.89. The van der Waals surface area contributed by atoms with Crippen molar-refractivity contribution in [2.45, 2.75) is 56.5 Å². The molecule has 1 amide bonds. The van der Waals surface area contributed by atoms with E-state index in [-0.39, 0.29) is 16.8 Å². The van der Waals surface area contributed by atoms with Crippen molar-refractivity contribution in [2.24, 2.45) is 0 Å². The molecule has 5 rings (SSSR count). The minimum absolute atomic E-state index is 0.0325. The van der Waals surface area contributed by atoms with Gasteiger partial charge in [0.15, 0.2) is 0 Å². The zero-order chi connectivity index (χ0) is 28.1. The smallest absolute Gasteiger partial charge is 0.241 e. The van der Waals surface area contributed by atoms with Crippen LogP contribution in [-0.2, 0) is 40.6 Å². The van der Waals surface area contributed by atoms with E-state index in [1.165, 1.54) is 0 Å². The number of nitrogens with one attached hydrogen (secondary N) is 1. The van der Waals surface area contributed by atoms with Gasteiger partial charge in [0.1, 0.15) is 0 Å². The highest BCUT2D eigenvalue weighted by Gasteiger charge is 2.29. The van der Waals surface area contributed by atoms with E-state index in [1.807, 2.05) is 73.7 Å². The number of fused-ring (bicyclic) bond motifs is 1. The van der Waals surface area contributed by atoms with Crippen LogP contribution in [0.3, 0.4) is 0 Å². The van der Waals surface area contributed by atoms with Gasteiger partial charge in [-0.3, -0.25) is 9.78 Å². The Kier molecular flexibility index (Phi) is 8.64. The molecule has 1 heterocycles. The summed E-state index contributed by atoms with van der Waals surface area (Å²) in [4.78, 5) is 19.8. The third-order valence-corrected chi connectivity index (χ3v) is 9.06. The molecule has 8 heteroatoms. The van der Waals surface area contributed by atoms with E-state index < -0.39 is 10.0 Å². The van der Waals surface area contributed by atoms with E-state index >= 15 is 0 Å². The van der Waals surface area contributed by atoms with Crippen molar-refractivity contribution in [3.8, 4) is 0 Å². The van der Waals surface area contributed by atoms with Crippen LogP contribution in [0.25, 0.3) is 0 Å². The topological polar surface area (TPSA) is 79.4 Å². The van der Waals surface area contributed by atoms with Crippen LogP contribution in [-0.4, -0.2) is 19.3 Å². The summed E-state index contributed by atoms with van der Waals surface area (Å²) in [6, 6.07) is 23.9. The van der Waals surface area contributed by atoms with Crippen molar-refractivity contribution in [1.82, 2.24) is 9.71 Å². The minimum Gasteiger partial charge on any atom is -0.308 e. The fourth-order valence-corrected chi connectivity index (χ4v) is 6.58. The molecule has 6 nitrogen and oxygen atoms in total. The van der Waals surface area contributed by atoms with Crippen LogP contribution in [0.2, 0.25) is 5.02 Å². The third-order valence-electron chi connectivity index (χ3n) is 7.34. The Morgan fingerprint density at radius 2 is 1.80 bits per heavy atom. The Morgan fingerprint density at radius 1 is 1.00 bits per heavy atom. The van der Waals surface area contributed by atoms with Gasteiger partial charge in [-0.2, -0.15) is 0 Å². The Hall–Kier alpha value is -3.52. The maximum Gasteiger partial charge on any atom is 0.241 e. The molecular formula is C32H32ClN3O3S. The number of hydrogen-bond donors (Lipinski definition) is 1. The van der Waals surface area contributed by atoms with Gasteiger partial charge < -0.3 is 4.90 Å². The monoisotopic (exact) mass is 573 g/mol. The maximum absolute atomic E-state index is 13.6. The second-order valence-electron chi connectivity index (χ2n) is 10.1. The maximum atomic E-state index is 13.6. The third kappa shape index (κ3) is 6.61. The lowest BCUT2D eigenvalue weighted by atomic mass is 10.1. The standard InChI is InChI=1S/C32H32ClN3O3S/c1-2-23-8-14-29(15-9-23)40(38,39)35-31-16-12-26-11-13-28(20-30(26)31)36(22-25-6-4-18-34-21-25)32(37)17-10-24-5-3-7-27(33)19-24/h3-9,11,13-15,18-21,31,35H,2,10,12,16-17,22H2,1H3. The van der Waals surface area contributed by atoms with Gasteiger partial charge in [0.2, 0.25) is 15.9 Å². The predicted molar refractivity (Wildman–Crippen MR) is 159 cm³/mol. The normalized spacial score (nSPS) is 14.6. The lowest BCUT2D eigenvalue weighted by Gasteiger charge is -2.25. The number of aromatic nitrogens is 1. The van der Waals surface area contributed by atoms with Crippen LogP contribution in [0.1, 0.15) is 53.6 Å². The number of rotatable bonds is 10. The SMILES string of the molecule is CCc1ccc(S(=O)(=O)NC2CCc3ccc(N(Cc4cccnc4)C(=O)CCc4cccc(Cl)c4)cc32)cc1. The first-order valence-electron chi connectivity index (χ1n) is 13.5. The van der Waals surface area contributed by atoms with Gasteiger partial charge in [-0.15, -0.1) is 0 Å². The second kappa shape index (κ2) is 12.3. The van der Waals surface area contributed by atoms with E-state index in [0.717, 1.165) is 46.3 Å². The largest absolute Gasteiger partial charge is 0.308 e. The van der Waals surface area contributed by atoms with E-state index in [1.54, 1.807) is 29.4 Å². The molecule has 0 aliphatic heterocycles. The van der Waals surface area contributed by atoms with Gasteiger partial charge in [-0.05, 0) is 96.0 Å². The zero-order valence-corrected chi connectivity index (χ0v) is 24.0. The molecule has 0 radical (unpaired) electrons. The highest BCUT2D eigenvalue weighted by Crippen LogP contribution is 2.36. The Morgan fingerprint density at radius 3 is 2.52 bits per heavy atom. The average molecular weight is 574 g/mol. The molecule has 1 aromatic heterocycles. The number of anilines is 1. The molecule has 4 aromatic rings. The Labute approximate surface area is 241 Å². The number of halogens is 1. The number of sulfonamides is 1. The van der Waals surface area contributed by atoms with Gasteiger partial charge >= 0.3 is 0 Å². The quantitative estimate of drug-likeness (QED) is 0.237. The highest BCUT2D eigenvalue weighted by atomic mass is 35.5. The first-order valence-corrected chi connectivity index (χ1v) is 15.4. The molecule has 0 fully saturated rings. The van der Waals surface area contributed by atoms with Crippen molar-refractivity contribution in [2.75, 3.05) is 4.90 Å². The van der Waals surface area contributed by atoms with Gasteiger partial charge in [0.05, 0.1) is 11.4 Å². The number of aryl methyl sites for hydroxylation is 3. The molecule has 1 aliphatic rings. The summed E-state index contributed by atoms with van der Waals surface area (Å²) in [5.41, 5.74) is 5.72. The van der Waals surface area contributed by atoms with E-state index in [4.69, 9.17) is 11.6 Å². The van der Waals surface area contributed by atoms with E-state index in [9.17, 15) is 13.2 Å². The fraction of sp³-hybridized carbons (Fsp3) is 0.250. The fourth-order valence-electron chi connectivity index (χ4n) is 5.12. The summed E-state index contributed by atoms with van der Waals surface area (Å²) in [5.74, 6) is -0.0325. The summed E-state index contributed by atoms with van der Waals surface area (Å²) >= 11 is 6.14. The molecule has 0 saturated carbocycles. The second-order valence-corrected chi connectivity index (χ2v) is 12.2. The van der Waals surface area contributed by atoms with Crippen LogP contribution >= 0.6 is 11.6 Å². The number of benzene rings is 3. The van der Waals surface area contributed by atoms with Crippen LogP contribution in [0.4, 0.5) is 5.69 Å². The van der Waals surface area contributed by atoms with Gasteiger partial charge in [0.25, 0.3) is 0 Å². The average Bonchev–Trinajstić information content (AvgIpc) is 3.36. The molecule has 40 heavy (non-hydrogen) atoms. The summed E-state index contributed by atoms with van der Waals surface area (Å²) in [6.45, 7) is 2.40. The van der Waals surface area contributed by atoms with Gasteiger partial charge in [-0.25, -0.2) is 13.1 Å². The van der Waals surface area contributed by atoms with Crippen molar-refractivity contribution < 1.29 is 13.2 Å². The molecule has 3 aromatic carbocycles. The van der Waals surface area contributed by atoms with Crippen molar-refractivity contribution >= 4 is 33.2 Å². The Bertz CT molecular complexity index is 1590. The number of hydrogen-bond acceptors (Lipinski definition) is 4. The zero-order valence-electron chi connectivity index (χ0n) is 22.4. The molecule has 1 aliphatic carbocycles. The molecule has 1 atom stereocenters. The first-order chi connectivity index (χ1) is 19.3. The summed E-state index contributed by atoms with van der Waals surface area (Å²) < 4.78 is 29.3. The lowest BCUT2D eigenvalue weighted by Crippen LogP contribution is -2.31. The van der Waals surface area contributed by atoms with Gasteiger partial charge in [0, 0.05) is 35.6 Å². The van der Waals surface area contributed by atoms with Crippen LogP contribution in [0.5, 0.6) is 0 Å². The minimum atomic E-state index is -3.70. The van der Waals surface area contributed by atoms with E-state index in [2.05, 4.69) is 9.71 Å². The number of carbonyl (C=O) groups excluding carboxylic acids is 1. The molecule has 0 bridgehead atoms. The molecule has 206 valence electrons. The molecule has 1 unspecified atom stereocenters. The molecule has 0 saturated heterocycles. The van der Waals surface area contributed by atoms with Crippen LogP contribution in [0, 0.1) is 0 Å². The number of nitrogens with zero attached hydrogens (tertiary/aromatic N) is 2. The first kappa shape index (κ1) is 28.0. The summed E-state index contributed by atoms with van der Waals surface area (Å²) in [5, 5.41) is 0.644. The number of amides is 1.